The summed E-state index contributed by atoms with van der Waals surface area (Å²) in [6.07, 6.45) is -2.60. The number of hydrogen-bond acceptors (Lipinski definition) is 5. The highest BCUT2D eigenvalue weighted by molar-refractivity contribution is 7.84. The van der Waals surface area contributed by atoms with Gasteiger partial charge in [0.25, 0.3) is 0 Å². The highest BCUT2D eigenvalue weighted by atomic mass is 32.2. The molecule has 0 rings (SSSR count). The van der Waals surface area contributed by atoms with Gasteiger partial charge in [0.1, 0.15) is 6.10 Å². The first-order valence-corrected chi connectivity index (χ1v) is 4.42. The number of rotatable bonds is 4. The molecule has 0 saturated heterocycles. The number of hydrogen-bond donors (Lipinski definition) is 4. The number of nitrogens with two attached hydrogens (primary N) is 1. The third-order valence-electron chi connectivity index (χ3n) is 0.950. The van der Waals surface area contributed by atoms with Crippen molar-refractivity contribution in [2.24, 2.45) is 5.73 Å². The summed E-state index contributed by atoms with van der Waals surface area (Å²) in [5.41, 5.74) is 4.57. The van der Waals surface area contributed by atoms with Gasteiger partial charge in [-0.3, -0.25) is 14.1 Å². The average molecular weight is 212 g/mol. The van der Waals surface area contributed by atoms with Crippen molar-refractivity contribution in [1.82, 2.24) is 4.72 Å². The molecule has 2 amide bonds. The fraction of sp³-hybridized carbons (Fsp3) is 0.500. The number of amides is 2. The molecule has 76 valence electrons. The lowest BCUT2D eigenvalue weighted by Gasteiger charge is -2.04. The topological polar surface area (TPSA) is 147 Å². The van der Waals surface area contributed by atoms with Crippen molar-refractivity contribution < 1.29 is 27.7 Å². The molecule has 0 spiro atoms. The van der Waals surface area contributed by atoms with E-state index in [1.54, 1.807) is 0 Å². The monoisotopic (exact) mass is 212 g/mol. The second kappa shape index (κ2) is 4.16. The lowest BCUT2D eigenvalue weighted by atomic mass is 10.2. The van der Waals surface area contributed by atoms with E-state index in [2.05, 4.69) is 5.73 Å². The third kappa shape index (κ3) is 6.02. The number of aliphatic hydroxyl groups excluding tert-OH is 1. The van der Waals surface area contributed by atoms with E-state index >= 15 is 0 Å². The smallest absolute Gasteiger partial charge is 0.359 e. The Labute approximate surface area is 73.6 Å². The second-order valence-corrected chi connectivity index (χ2v) is 3.28. The van der Waals surface area contributed by atoms with Crippen molar-refractivity contribution >= 4 is 22.1 Å². The number of nitrogens with one attached hydrogen (secondary N) is 1. The van der Waals surface area contributed by atoms with Gasteiger partial charge >= 0.3 is 10.3 Å². The third-order valence-corrected chi connectivity index (χ3v) is 1.44. The zero-order valence-corrected chi connectivity index (χ0v) is 7.11. The van der Waals surface area contributed by atoms with Crippen LogP contribution in [0.1, 0.15) is 6.42 Å². The molecule has 5 N–H and O–H groups in total. The second-order valence-electron chi connectivity index (χ2n) is 2.12. The molecule has 0 radical (unpaired) electrons. The van der Waals surface area contributed by atoms with Crippen molar-refractivity contribution in [2.75, 3.05) is 0 Å². The van der Waals surface area contributed by atoms with Crippen LogP contribution in [0.25, 0.3) is 0 Å². The zero-order valence-electron chi connectivity index (χ0n) is 6.30. The number of aliphatic hydroxyl groups is 1. The summed E-state index contributed by atoms with van der Waals surface area (Å²) in [4.78, 5) is 20.7. The van der Waals surface area contributed by atoms with Crippen molar-refractivity contribution in [2.45, 2.75) is 12.5 Å². The van der Waals surface area contributed by atoms with Crippen LogP contribution in [-0.2, 0) is 19.9 Å². The molecular formula is C4H8N2O6S. The van der Waals surface area contributed by atoms with Crippen LogP contribution in [0.2, 0.25) is 0 Å². The lowest BCUT2D eigenvalue weighted by molar-refractivity contribution is -0.131. The molecule has 0 saturated carbocycles. The molecule has 0 heterocycles. The molecule has 0 aliphatic heterocycles. The van der Waals surface area contributed by atoms with E-state index in [1.165, 1.54) is 0 Å². The standard InChI is InChI=1S/C4H8N2O6S/c5-4(9)2(7)1-3(8)6-13(10,11)12/h2,7H,1H2,(H2,5,9)(H,6,8)(H,10,11,12). The first-order chi connectivity index (χ1) is 5.72. The van der Waals surface area contributed by atoms with Crippen LogP contribution >= 0.6 is 0 Å². The molecule has 1 atom stereocenters. The van der Waals surface area contributed by atoms with Crippen LogP contribution in [0.3, 0.4) is 0 Å². The van der Waals surface area contributed by atoms with E-state index in [0.717, 1.165) is 4.72 Å². The van der Waals surface area contributed by atoms with E-state index in [4.69, 9.17) is 9.66 Å². The Morgan fingerprint density at radius 1 is 1.46 bits per heavy atom. The van der Waals surface area contributed by atoms with Crippen LogP contribution in [0.15, 0.2) is 0 Å². The van der Waals surface area contributed by atoms with Crippen LogP contribution in [0, 0.1) is 0 Å². The summed E-state index contributed by atoms with van der Waals surface area (Å²) in [5.74, 6) is -2.39. The molecule has 13 heavy (non-hydrogen) atoms. The van der Waals surface area contributed by atoms with E-state index < -0.39 is 34.6 Å². The Bertz CT molecular complexity index is 309. The van der Waals surface area contributed by atoms with Crippen molar-refractivity contribution in [1.29, 1.82) is 0 Å². The Balaban J connectivity index is 4.11. The maximum atomic E-state index is 10.6. The van der Waals surface area contributed by atoms with Crippen LogP contribution in [-0.4, -0.2) is 36.0 Å². The highest BCUT2D eigenvalue weighted by Crippen LogP contribution is 1.90. The fourth-order valence-electron chi connectivity index (χ4n) is 0.462. The largest absolute Gasteiger partial charge is 0.383 e. The van der Waals surface area contributed by atoms with E-state index in [9.17, 15) is 18.0 Å². The van der Waals surface area contributed by atoms with Crippen LogP contribution in [0.4, 0.5) is 0 Å². The van der Waals surface area contributed by atoms with Crippen LogP contribution in [0.5, 0.6) is 0 Å². The summed E-state index contributed by atoms with van der Waals surface area (Å²) in [6.45, 7) is 0. The van der Waals surface area contributed by atoms with E-state index in [1.807, 2.05) is 0 Å². The van der Waals surface area contributed by atoms with Gasteiger partial charge in [-0.2, -0.15) is 8.42 Å². The van der Waals surface area contributed by atoms with Gasteiger partial charge < -0.3 is 10.8 Å². The Hall–Kier alpha value is -1.19. The molecule has 0 bridgehead atoms. The fourth-order valence-corrected chi connectivity index (χ4v) is 0.833. The van der Waals surface area contributed by atoms with Gasteiger partial charge in [-0.1, -0.05) is 0 Å². The Kier molecular flexibility index (Phi) is 3.78. The predicted octanol–water partition coefficient (Wildman–Crippen LogP) is -2.86. The molecule has 0 aromatic heterocycles. The van der Waals surface area contributed by atoms with Crippen molar-refractivity contribution in [3.05, 3.63) is 0 Å². The van der Waals surface area contributed by atoms with Gasteiger partial charge in [0.2, 0.25) is 11.8 Å². The molecule has 1 unspecified atom stereocenters. The summed E-state index contributed by atoms with van der Waals surface area (Å²) in [5, 5.41) is 8.68. The Morgan fingerprint density at radius 3 is 2.23 bits per heavy atom. The minimum Gasteiger partial charge on any atom is -0.383 e. The van der Waals surface area contributed by atoms with E-state index in [-0.39, 0.29) is 0 Å². The van der Waals surface area contributed by atoms with Gasteiger partial charge in [0.05, 0.1) is 6.42 Å². The van der Waals surface area contributed by atoms with Crippen LogP contribution < -0.4 is 10.5 Å². The number of carbonyl (C=O) groups excluding carboxylic acids is 2. The number of carbonyl (C=O) groups is 2. The minimum absolute atomic E-state index is 0.824. The quantitative estimate of drug-likeness (QED) is 0.368. The highest BCUT2D eigenvalue weighted by Gasteiger charge is 2.18. The summed E-state index contributed by atoms with van der Waals surface area (Å²) < 4.78 is 29.2. The van der Waals surface area contributed by atoms with Gasteiger partial charge in [-0.25, -0.2) is 4.72 Å². The zero-order chi connectivity index (χ0) is 10.6. The van der Waals surface area contributed by atoms with Gasteiger partial charge in [-0.05, 0) is 0 Å². The molecular weight excluding hydrogens is 204 g/mol. The molecule has 0 fully saturated rings. The molecule has 0 aliphatic carbocycles. The first kappa shape index (κ1) is 11.8. The molecule has 0 aliphatic rings. The number of primary amides is 1. The van der Waals surface area contributed by atoms with E-state index in [0.29, 0.717) is 0 Å². The molecule has 9 heteroatoms. The summed E-state index contributed by atoms with van der Waals surface area (Å²) >= 11 is 0. The molecule has 8 nitrogen and oxygen atoms in total. The van der Waals surface area contributed by atoms with Crippen molar-refractivity contribution in [3.8, 4) is 0 Å². The lowest BCUT2D eigenvalue weighted by Crippen LogP contribution is -2.37. The predicted molar refractivity (Wildman–Crippen MR) is 39.5 cm³/mol. The maximum absolute atomic E-state index is 10.6. The van der Waals surface area contributed by atoms with Gasteiger partial charge in [-0.15, -0.1) is 0 Å². The van der Waals surface area contributed by atoms with Gasteiger partial charge in [0.15, 0.2) is 0 Å². The summed E-state index contributed by atoms with van der Waals surface area (Å²) in [6, 6.07) is 0. The first-order valence-electron chi connectivity index (χ1n) is 2.98. The average Bonchev–Trinajstić information content (AvgIpc) is 1.81. The van der Waals surface area contributed by atoms with Gasteiger partial charge in [0, 0.05) is 0 Å². The van der Waals surface area contributed by atoms with Crippen molar-refractivity contribution in [3.63, 3.8) is 0 Å². The minimum atomic E-state index is -4.66. The molecule has 0 aromatic carbocycles. The molecule has 0 aromatic rings. The maximum Gasteiger partial charge on any atom is 0.359 e. The SMILES string of the molecule is NC(=O)C(O)CC(=O)NS(=O)(=O)O. The normalized spacial score (nSPS) is 13.4. The Morgan fingerprint density at radius 2 is 1.92 bits per heavy atom. The summed E-state index contributed by atoms with van der Waals surface area (Å²) in [7, 11) is -4.66.